The summed E-state index contributed by atoms with van der Waals surface area (Å²) in [5.41, 5.74) is 1.79. The molecule has 6 nitrogen and oxygen atoms in total. The van der Waals surface area contributed by atoms with Crippen LogP contribution in [0.2, 0.25) is 0 Å². The molecule has 3 aromatic carbocycles. The fourth-order valence-corrected chi connectivity index (χ4v) is 3.33. The maximum atomic E-state index is 13.2. The Morgan fingerprint density at radius 2 is 1.66 bits per heavy atom. The van der Waals surface area contributed by atoms with E-state index in [0.29, 0.717) is 17.0 Å². The Hall–Kier alpha value is -3.97. The number of ether oxygens (including phenoxy) is 1. The molecule has 2 amide bonds. The molecule has 1 aliphatic rings. The van der Waals surface area contributed by atoms with Crippen molar-refractivity contribution in [1.82, 2.24) is 0 Å². The van der Waals surface area contributed by atoms with Gasteiger partial charge < -0.3 is 10.1 Å². The molecule has 0 saturated carbocycles. The lowest BCUT2D eigenvalue weighted by molar-refractivity contribution is -0.120. The average Bonchev–Trinajstić information content (AvgIpc) is 2.98. The number of anilines is 2. The van der Waals surface area contributed by atoms with Crippen LogP contribution in [-0.2, 0) is 9.59 Å². The number of carbonyl (C=O) groups is 3. The maximum Gasteiger partial charge on any atom is 0.343 e. The van der Waals surface area contributed by atoms with Gasteiger partial charge in [-0.3, -0.25) is 9.59 Å². The Kier molecular flexibility index (Phi) is 5.75. The highest BCUT2D eigenvalue weighted by Gasteiger charge is 2.38. The Balaban J connectivity index is 1.48. The number of imide groups is 1. The number of rotatable bonds is 5. The van der Waals surface area contributed by atoms with E-state index in [1.807, 2.05) is 13.0 Å². The number of nitrogens with one attached hydrogen (secondary N) is 1. The number of esters is 1. The number of aryl methyl sites for hydroxylation is 1. The van der Waals surface area contributed by atoms with Crippen molar-refractivity contribution in [2.24, 2.45) is 0 Å². The molecule has 32 heavy (non-hydrogen) atoms. The molecule has 0 fully saturated rings. The lowest BCUT2D eigenvalue weighted by Crippen LogP contribution is -2.32. The molecular formula is C24H16ClFN2O4. The summed E-state index contributed by atoms with van der Waals surface area (Å²) in [7, 11) is 0. The van der Waals surface area contributed by atoms with E-state index < -0.39 is 23.6 Å². The SMILES string of the molecule is Cc1cccc(OC(=O)c2ccc(NC3=C(Cl)C(=O)N(c4ccc(F)cc4)C3=O)cc2)c1. The third-order valence-electron chi connectivity index (χ3n) is 4.70. The van der Waals surface area contributed by atoms with E-state index in [-0.39, 0.29) is 16.4 Å². The van der Waals surface area contributed by atoms with Gasteiger partial charge in [-0.2, -0.15) is 0 Å². The van der Waals surface area contributed by atoms with Crippen LogP contribution in [0, 0.1) is 12.7 Å². The zero-order chi connectivity index (χ0) is 22.8. The van der Waals surface area contributed by atoms with Crippen LogP contribution in [0.4, 0.5) is 15.8 Å². The van der Waals surface area contributed by atoms with Crippen LogP contribution in [0.25, 0.3) is 0 Å². The minimum Gasteiger partial charge on any atom is -0.423 e. The van der Waals surface area contributed by atoms with Gasteiger partial charge in [0.2, 0.25) is 0 Å². The smallest absolute Gasteiger partial charge is 0.343 e. The maximum absolute atomic E-state index is 13.2. The van der Waals surface area contributed by atoms with Gasteiger partial charge in [0.05, 0.1) is 11.3 Å². The second kappa shape index (κ2) is 8.64. The standard InChI is InChI=1S/C24H16ClFN2O4/c1-14-3-2-4-19(13-14)32-24(31)15-5-9-17(10-6-15)27-21-20(25)22(29)28(23(21)30)18-11-7-16(26)8-12-18/h2-13,27H,1H3. The van der Waals surface area contributed by atoms with Crippen molar-refractivity contribution in [1.29, 1.82) is 0 Å². The van der Waals surface area contributed by atoms with Crippen LogP contribution in [0.15, 0.2) is 83.5 Å². The third-order valence-corrected chi connectivity index (χ3v) is 5.05. The Morgan fingerprint density at radius 1 is 0.969 bits per heavy atom. The van der Waals surface area contributed by atoms with Crippen molar-refractivity contribution < 1.29 is 23.5 Å². The van der Waals surface area contributed by atoms with Crippen molar-refractivity contribution in [3.05, 3.63) is 100 Å². The molecular weight excluding hydrogens is 435 g/mol. The minimum atomic E-state index is -0.718. The van der Waals surface area contributed by atoms with Crippen molar-refractivity contribution in [2.45, 2.75) is 6.92 Å². The van der Waals surface area contributed by atoms with Crippen molar-refractivity contribution >= 4 is 40.8 Å². The predicted octanol–water partition coefficient (Wildman–Crippen LogP) is 4.79. The van der Waals surface area contributed by atoms with Crippen molar-refractivity contribution in [3.8, 4) is 5.75 Å². The molecule has 160 valence electrons. The third kappa shape index (κ3) is 4.24. The number of nitrogens with zero attached hydrogens (tertiary/aromatic N) is 1. The number of hydrogen-bond donors (Lipinski definition) is 1. The number of amides is 2. The van der Waals surface area contributed by atoms with Gasteiger partial charge in [0, 0.05) is 5.69 Å². The Morgan fingerprint density at radius 3 is 2.31 bits per heavy atom. The predicted molar refractivity (Wildman–Crippen MR) is 118 cm³/mol. The van der Waals surface area contributed by atoms with E-state index in [9.17, 15) is 18.8 Å². The molecule has 0 atom stereocenters. The highest BCUT2D eigenvalue weighted by atomic mass is 35.5. The summed E-state index contributed by atoms with van der Waals surface area (Å²) in [5, 5.41) is 2.53. The van der Waals surface area contributed by atoms with Crippen LogP contribution >= 0.6 is 11.6 Å². The normalized spacial score (nSPS) is 13.5. The van der Waals surface area contributed by atoms with E-state index in [1.54, 1.807) is 30.3 Å². The van der Waals surface area contributed by atoms with Crippen molar-refractivity contribution in [2.75, 3.05) is 10.2 Å². The number of hydrogen-bond acceptors (Lipinski definition) is 5. The van der Waals surface area contributed by atoms with Gasteiger partial charge in [0.1, 0.15) is 22.3 Å². The summed E-state index contributed by atoms with van der Waals surface area (Å²) in [6, 6.07) is 18.2. The second-order valence-electron chi connectivity index (χ2n) is 7.02. The highest BCUT2D eigenvalue weighted by molar-refractivity contribution is 6.53. The van der Waals surface area contributed by atoms with Crippen LogP contribution in [-0.4, -0.2) is 17.8 Å². The summed E-state index contributed by atoms with van der Waals surface area (Å²) in [6.07, 6.45) is 0. The zero-order valence-corrected chi connectivity index (χ0v) is 17.5. The quantitative estimate of drug-likeness (QED) is 0.343. The zero-order valence-electron chi connectivity index (χ0n) is 16.8. The second-order valence-corrected chi connectivity index (χ2v) is 7.40. The number of carbonyl (C=O) groups excluding carboxylic acids is 3. The van der Waals surface area contributed by atoms with Gasteiger partial charge in [-0.1, -0.05) is 23.7 Å². The molecule has 0 spiro atoms. The summed E-state index contributed by atoms with van der Waals surface area (Å²) in [6.45, 7) is 1.89. The van der Waals surface area contributed by atoms with E-state index >= 15 is 0 Å². The largest absolute Gasteiger partial charge is 0.423 e. The molecule has 1 aliphatic heterocycles. The van der Waals surface area contributed by atoms with Crippen LogP contribution in [0.3, 0.4) is 0 Å². The molecule has 0 bridgehead atoms. The molecule has 0 aromatic heterocycles. The molecule has 1 heterocycles. The van der Waals surface area contributed by atoms with Gasteiger partial charge in [0.15, 0.2) is 0 Å². The highest BCUT2D eigenvalue weighted by Crippen LogP contribution is 2.30. The molecule has 0 radical (unpaired) electrons. The summed E-state index contributed by atoms with van der Waals surface area (Å²) in [5.74, 6) is -1.98. The van der Waals surface area contributed by atoms with Crippen LogP contribution in [0.5, 0.6) is 5.75 Å². The molecule has 4 rings (SSSR count). The Bertz CT molecular complexity index is 1250. The lowest BCUT2D eigenvalue weighted by Gasteiger charge is -2.15. The Labute approximate surface area is 187 Å². The van der Waals surface area contributed by atoms with Gasteiger partial charge in [0.25, 0.3) is 11.8 Å². The first-order valence-electron chi connectivity index (χ1n) is 9.53. The number of benzene rings is 3. The molecule has 0 saturated heterocycles. The van der Waals surface area contributed by atoms with Gasteiger partial charge in [-0.15, -0.1) is 0 Å². The molecule has 3 aromatic rings. The van der Waals surface area contributed by atoms with Crippen LogP contribution in [0.1, 0.15) is 15.9 Å². The lowest BCUT2D eigenvalue weighted by atomic mass is 10.2. The fraction of sp³-hybridized carbons (Fsp3) is 0.0417. The van der Waals surface area contributed by atoms with Crippen molar-refractivity contribution in [3.63, 3.8) is 0 Å². The summed E-state index contributed by atoms with van der Waals surface area (Å²) < 4.78 is 18.5. The summed E-state index contributed by atoms with van der Waals surface area (Å²) in [4.78, 5) is 38.4. The topological polar surface area (TPSA) is 75.7 Å². The average molecular weight is 451 g/mol. The molecule has 0 unspecified atom stereocenters. The van der Waals surface area contributed by atoms with Gasteiger partial charge in [-0.05, 0) is 73.2 Å². The molecule has 1 N–H and O–H groups in total. The monoisotopic (exact) mass is 450 g/mol. The minimum absolute atomic E-state index is 0.115. The van der Waals surface area contributed by atoms with E-state index in [1.165, 1.54) is 24.3 Å². The van der Waals surface area contributed by atoms with Crippen LogP contribution < -0.4 is 15.0 Å². The fourth-order valence-electron chi connectivity index (χ4n) is 3.11. The first kappa shape index (κ1) is 21.3. The van der Waals surface area contributed by atoms with Gasteiger partial charge in [-0.25, -0.2) is 14.1 Å². The van der Waals surface area contributed by atoms with E-state index in [0.717, 1.165) is 22.6 Å². The number of halogens is 2. The summed E-state index contributed by atoms with van der Waals surface area (Å²) >= 11 is 6.09. The molecule has 0 aliphatic carbocycles. The molecule has 8 heteroatoms. The van der Waals surface area contributed by atoms with Gasteiger partial charge >= 0.3 is 5.97 Å². The first-order chi connectivity index (χ1) is 15.3. The van der Waals surface area contributed by atoms with E-state index in [2.05, 4.69) is 5.32 Å². The van der Waals surface area contributed by atoms with E-state index in [4.69, 9.17) is 16.3 Å². The first-order valence-corrected chi connectivity index (χ1v) is 9.91.